The highest BCUT2D eigenvalue weighted by atomic mass is 19.1. The number of hydrogen-bond acceptors (Lipinski definition) is 4. The van der Waals surface area contributed by atoms with Crippen molar-refractivity contribution >= 4 is 29.5 Å². The molecule has 0 fully saturated rings. The predicted octanol–water partition coefficient (Wildman–Crippen LogP) is 4.97. The first kappa shape index (κ1) is 21.9. The van der Waals surface area contributed by atoms with Crippen LogP contribution >= 0.6 is 0 Å². The number of nitrogens with one attached hydrogen (secondary N) is 2. The second-order valence-electron chi connectivity index (χ2n) is 7.03. The Labute approximate surface area is 167 Å². The Kier molecular flexibility index (Phi) is 6.93. The molecule has 0 spiro atoms. The number of hydrogen-bond donors (Lipinski definition) is 2. The summed E-state index contributed by atoms with van der Waals surface area (Å²) in [6, 6.07) is 7.72. The molecule has 0 aromatic heterocycles. The molecule has 0 radical (unpaired) electrons. The molecule has 6 nitrogen and oxygen atoms in total. The van der Waals surface area contributed by atoms with Crippen LogP contribution in [0.1, 0.15) is 26.3 Å². The lowest BCUT2D eigenvalue weighted by atomic mass is 10.2. The van der Waals surface area contributed by atoms with Gasteiger partial charge in [-0.05, 0) is 62.7 Å². The molecule has 0 bridgehead atoms. The monoisotopic (exact) mass is 404 g/mol. The smallest absolute Gasteiger partial charge is 0.412 e. The van der Waals surface area contributed by atoms with Crippen molar-refractivity contribution in [3.63, 3.8) is 0 Å². The van der Waals surface area contributed by atoms with Crippen LogP contribution in [-0.4, -0.2) is 24.7 Å². The summed E-state index contributed by atoms with van der Waals surface area (Å²) in [5.74, 6) is -1.68. The zero-order chi connectivity index (χ0) is 21.6. The minimum atomic E-state index is -0.746. The molecule has 2 aromatic rings. The van der Waals surface area contributed by atoms with Crippen LogP contribution in [0.4, 0.5) is 25.0 Å². The fourth-order valence-electron chi connectivity index (χ4n) is 2.28. The minimum absolute atomic E-state index is 0.0476. The molecular formula is C21H22F2N2O4. The van der Waals surface area contributed by atoms with Crippen molar-refractivity contribution in [2.45, 2.75) is 26.4 Å². The average molecular weight is 404 g/mol. The molecular weight excluding hydrogens is 382 g/mol. The van der Waals surface area contributed by atoms with Gasteiger partial charge in [-0.15, -0.1) is 0 Å². The van der Waals surface area contributed by atoms with Crippen LogP contribution in [0.3, 0.4) is 0 Å². The number of rotatable bonds is 5. The second-order valence-corrected chi connectivity index (χ2v) is 7.03. The fraction of sp³-hybridized carbons (Fsp3) is 0.238. The largest absolute Gasteiger partial charge is 0.494 e. The lowest BCUT2D eigenvalue weighted by molar-refractivity contribution is -0.111. The van der Waals surface area contributed by atoms with E-state index in [1.807, 2.05) is 0 Å². The Morgan fingerprint density at radius 3 is 2.34 bits per heavy atom. The summed E-state index contributed by atoms with van der Waals surface area (Å²) in [5.41, 5.74) is -0.0710. The Morgan fingerprint density at radius 2 is 1.72 bits per heavy atom. The normalized spacial score (nSPS) is 11.2. The van der Waals surface area contributed by atoms with Crippen LogP contribution in [0, 0.1) is 11.6 Å². The molecule has 154 valence electrons. The molecule has 8 heteroatoms. The summed E-state index contributed by atoms with van der Waals surface area (Å²) >= 11 is 0. The van der Waals surface area contributed by atoms with Gasteiger partial charge in [0.25, 0.3) is 0 Å². The summed E-state index contributed by atoms with van der Waals surface area (Å²) in [5, 5.41) is 4.94. The Balaban J connectivity index is 2.12. The molecule has 0 aliphatic carbocycles. The highest BCUT2D eigenvalue weighted by Gasteiger charge is 2.18. The predicted molar refractivity (Wildman–Crippen MR) is 107 cm³/mol. The number of carbonyl (C=O) groups excluding carboxylic acids is 2. The van der Waals surface area contributed by atoms with Gasteiger partial charge in [0.05, 0.1) is 18.5 Å². The van der Waals surface area contributed by atoms with Gasteiger partial charge in [0.15, 0.2) is 11.6 Å². The molecule has 0 aliphatic heterocycles. The maximum atomic E-state index is 13.7. The van der Waals surface area contributed by atoms with Crippen molar-refractivity contribution in [3.8, 4) is 5.75 Å². The third-order valence-electron chi connectivity index (χ3n) is 3.48. The van der Waals surface area contributed by atoms with Gasteiger partial charge < -0.3 is 14.8 Å². The number of anilines is 2. The van der Waals surface area contributed by atoms with Gasteiger partial charge in [0.2, 0.25) is 5.91 Å². The fourth-order valence-corrected chi connectivity index (χ4v) is 2.28. The molecule has 2 amide bonds. The SMILES string of the molecule is COc1ccc(/C=C/C(=O)Nc2cc(F)ccc2NC(=O)OC(C)(C)C)cc1F. The van der Waals surface area contributed by atoms with E-state index in [-0.39, 0.29) is 17.1 Å². The van der Waals surface area contributed by atoms with Gasteiger partial charge in [0.1, 0.15) is 11.4 Å². The van der Waals surface area contributed by atoms with Gasteiger partial charge in [-0.2, -0.15) is 0 Å². The van der Waals surface area contributed by atoms with Crippen LogP contribution in [0.25, 0.3) is 6.08 Å². The standard InChI is InChI=1S/C21H22F2N2O4/c1-21(2,3)29-20(27)25-16-8-7-14(22)12-17(16)24-19(26)10-6-13-5-9-18(28-4)15(23)11-13/h5-12H,1-4H3,(H,24,26)(H,25,27)/b10-6+. The number of carbonyl (C=O) groups is 2. The number of amides is 2. The summed E-state index contributed by atoms with van der Waals surface area (Å²) in [6.45, 7) is 5.10. The molecule has 0 saturated carbocycles. The van der Waals surface area contributed by atoms with Crippen molar-refractivity contribution in [3.05, 3.63) is 59.7 Å². The summed E-state index contributed by atoms with van der Waals surface area (Å²) in [6.07, 6.45) is 1.80. The van der Waals surface area contributed by atoms with Gasteiger partial charge >= 0.3 is 6.09 Å². The van der Waals surface area contributed by atoms with E-state index in [1.165, 1.54) is 31.4 Å². The molecule has 0 aliphatic rings. The Hall–Kier alpha value is -3.42. The third-order valence-corrected chi connectivity index (χ3v) is 3.48. The maximum Gasteiger partial charge on any atom is 0.412 e. The Bertz CT molecular complexity index is 937. The van der Waals surface area contributed by atoms with Gasteiger partial charge in [0, 0.05) is 6.08 Å². The van der Waals surface area contributed by atoms with Crippen molar-refractivity contribution in [1.82, 2.24) is 0 Å². The molecule has 0 heterocycles. The molecule has 2 N–H and O–H groups in total. The lowest BCUT2D eigenvalue weighted by Gasteiger charge is -2.20. The number of methoxy groups -OCH3 is 1. The topological polar surface area (TPSA) is 76.7 Å². The van der Waals surface area contributed by atoms with Crippen molar-refractivity contribution < 1.29 is 27.8 Å². The first-order chi connectivity index (χ1) is 13.6. The van der Waals surface area contributed by atoms with E-state index in [9.17, 15) is 18.4 Å². The molecule has 29 heavy (non-hydrogen) atoms. The van der Waals surface area contributed by atoms with Crippen molar-refractivity contribution in [1.29, 1.82) is 0 Å². The molecule has 0 atom stereocenters. The first-order valence-electron chi connectivity index (χ1n) is 8.69. The Morgan fingerprint density at radius 1 is 1.00 bits per heavy atom. The van der Waals surface area contributed by atoms with E-state index in [4.69, 9.17) is 9.47 Å². The highest BCUT2D eigenvalue weighted by molar-refractivity contribution is 6.05. The molecule has 2 aromatic carbocycles. The van der Waals surface area contributed by atoms with Crippen molar-refractivity contribution in [2.24, 2.45) is 0 Å². The summed E-state index contributed by atoms with van der Waals surface area (Å²) in [7, 11) is 1.35. The minimum Gasteiger partial charge on any atom is -0.494 e. The summed E-state index contributed by atoms with van der Waals surface area (Å²) in [4.78, 5) is 24.1. The summed E-state index contributed by atoms with van der Waals surface area (Å²) < 4.78 is 37.3. The number of benzene rings is 2. The highest BCUT2D eigenvalue weighted by Crippen LogP contribution is 2.24. The van der Waals surface area contributed by atoms with E-state index in [1.54, 1.807) is 26.8 Å². The van der Waals surface area contributed by atoms with Gasteiger partial charge in [-0.1, -0.05) is 6.07 Å². The maximum absolute atomic E-state index is 13.7. The van der Waals surface area contributed by atoms with Gasteiger partial charge in [-0.3, -0.25) is 10.1 Å². The van der Waals surface area contributed by atoms with Gasteiger partial charge in [-0.25, -0.2) is 13.6 Å². The number of ether oxygens (including phenoxy) is 2. The molecule has 0 unspecified atom stereocenters. The van der Waals surface area contributed by atoms with E-state index in [0.717, 1.165) is 18.2 Å². The zero-order valence-electron chi connectivity index (χ0n) is 16.5. The zero-order valence-corrected chi connectivity index (χ0v) is 16.5. The lowest BCUT2D eigenvalue weighted by Crippen LogP contribution is -2.27. The third kappa shape index (κ3) is 6.91. The number of halogens is 2. The van der Waals surface area contributed by atoms with Crippen molar-refractivity contribution in [2.75, 3.05) is 17.7 Å². The van der Waals surface area contributed by atoms with E-state index in [0.29, 0.717) is 5.56 Å². The quantitative estimate of drug-likeness (QED) is 0.690. The van der Waals surface area contributed by atoms with Crippen LogP contribution in [0.15, 0.2) is 42.5 Å². The first-order valence-corrected chi connectivity index (χ1v) is 8.69. The van der Waals surface area contributed by atoms with Crippen LogP contribution in [-0.2, 0) is 9.53 Å². The van der Waals surface area contributed by atoms with Crippen LogP contribution in [0.5, 0.6) is 5.75 Å². The van der Waals surface area contributed by atoms with Crippen LogP contribution in [0.2, 0.25) is 0 Å². The second kappa shape index (κ2) is 9.18. The molecule has 0 saturated heterocycles. The van der Waals surface area contributed by atoms with E-state index >= 15 is 0 Å². The van der Waals surface area contributed by atoms with E-state index in [2.05, 4.69) is 10.6 Å². The van der Waals surface area contributed by atoms with Crippen LogP contribution < -0.4 is 15.4 Å². The molecule has 2 rings (SSSR count). The van der Waals surface area contributed by atoms with E-state index < -0.39 is 29.2 Å². The average Bonchev–Trinajstić information content (AvgIpc) is 2.61.